The minimum absolute atomic E-state index is 0.0116. The first-order chi connectivity index (χ1) is 8.75. The van der Waals surface area contributed by atoms with Gasteiger partial charge in [0.05, 0.1) is 12.8 Å². The molecule has 1 aromatic rings. The lowest BCUT2D eigenvalue weighted by molar-refractivity contribution is -0.128. The third-order valence-corrected chi connectivity index (χ3v) is 3.38. The first-order valence-electron chi connectivity index (χ1n) is 4.98. The summed E-state index contributed by atoms with van der Waals surface area (Å²) in [6.45, 7) is 0. The molecule has 1 unspecified atom stereocenters. The highest BCUT2D eigenvalue weighted by molar-refractivity contribution is 14.1. The van der Waals surface area contributed by atoms with E-state index in [9.17, 15) is 18.0 Å². The molecule has 19 heavy (non-hydrogen) atoms. The lowest BCUT2D eigenvalue weighted by Gasteiger charge is -2.12. The molecule has 0 amide bonds. The molecule has 0 saturated carbocycles. The minimum atomic E-state index is -4.39. The zero-order chi connectivity index (χ0) is 14.4. The molecule has 0 spiro atoms. The van der Waals surface area contributed by atoms with E-state index < -0.39 is 18.3 Å². The number of nitrogens with zero attached hydrogens (tertiary/aromatic N) is 1. The number of hydrazine groups is 1. The van der Waals surface area contributed by atoms with Crippen molar-refractivity contribution in [2.75, 3.05) is 12.1 Å². The number of carboxylic acids is 1. The Morgan fingerprint density at radius 1 is 1.53 bits per heavy atom. The van der Waals surface area contributed by atoms with Gasteiger partial charge in [-0.05, 0) is 28.7 Å². The van der Waals surface area contributed by atoms with E-state index in [1.807, 2.05) is 0 Å². The molecule has 5 nitrogen and oxygen atoms in total. The summed E-state index contributed by atoms with van der Waals surface area (Å²) in [5, 5.41) is 9.87. The predicted octanol–water partition coefficient (Wildman–Crippen LogP) is 2.21. The zero-order valence-electron chi connectivity index (χ0n) is 9.45. The second-order valence-electron chi connectivity index (χ2n) is 3.75. The van der Waals surface area contributed by atoms with Crippen LogP contribution in [0, 0.1) is 3.57 Å². The van der Waals surface area contributed by atoms with Crippen LogP contribution in [0.1, 0.15) is 10.4 Å². The fourth-order valence-electron chi connectivity index (χ4n) is 1.59. The highest BCUT2D eigenvalue weighted by atomic mass is 127. The summed E-state index contributed by atoms with van der Waals surface area (Å²) >= 11 is 1.78. The molecule has 2 rings (SSSR count). The third-order valence-electron chi connectivity index (χ3n) is 2.52. The van der Waals surface area contributed by atoms with Crippen LogP contribution in [0.5, 0.6) is 5.75 Å². The molecule has 1 aliphatic rings. The quantitative estimate of drug-likeness (QED) is 0.614. The van der Waals surface area contributed by atoms with Crippen molar-refractivity contribution in [3.05, 3.63) is 21.3 Å². The van der Waals surface area contributed by atoms with Gasteiger partial charge in [-0.3, -0.25) is 5.01 Å². The number of benzene rings is 1. The fourth-order valence-corrected chi connectivity index (χ4v) is 2.32. The summed E-state index contributed by atoms with van der Waals surface area (Å²) in [6.07, 6.45) is -6.14. The molecule has 0 aliphatic carbocycles. The number of alkyl halides is 3. The number of ether oxygens (including phenoxy) is 1. The highest BCUT2D eigenvalue weighted by Gasteiger charge is 2.55. The van der Waals surface area contributed by atoms with Crippen LogP contribution in [0.2, 0.25) is 0 Å². The van der Waals surface area contributed by atoms with E-state index in [4.69, 9.17) is 9.84 Å². The summed E-state index contributed by atoms with van der Waals surface area (Å²) < 4.78 is 42.7. The van der Waals surface area contributed by atoms with Gasteiger partial charge in [0, 0.05) is 9.64 Å². The summed E-state index contributed by atoms with van der Waals surface area (Å²) in [4.78, 5) is 11.0. The fraction of sp³-hybridized carbons (Fsp3) is 0.300. The third kappa shape index (κ3) is 2.71. The van der Waals surface area contributed by atoms with Crippen LogP contribution in [0.4, 0.5) is 18.9 Å². The van der Waals surface area contributed by atoms with Crippen molar-refractivity contribution in [2.45, 2.75) is 12.3 Å². The summed E-state index contributed by atoms with van der Waals surface area (Å²) in [5.41, 5.74) is 2.30. The van der Waals surface area contributed by atoms with Crippen LogP contribution >= 0.6 is 22.6 Å². The Balaban J connectivity index is 2.36. The molecular weight excluding hydrogens is 380 g/mol. The van der Waals surface area contributed by atoms with E-state index in [1.54, 1.807) is 22.6 Å². The van der Waals surface area contributed by atoms with Gasteiger partial charge in [0.25, 0.3) is 0 Å². The van der Waals surface area contributed by atoms with E-state index in [2.05, 4.69) is 5.43 Å². The average molecular weight is 388 g/mol. The Kier molecular flexibility index (Phi) is 3.51. The van der Waals surface area contributed by atoms with Crippen LogP contribution in [0.15, 0.2) is 12.1 Å². The molecule has 1 aromatic carbocycles. The van der Waals surface area contributed by atoms with Gasteiger partial charge in [-0.1, -0.05) is 0 Å². The van der Waals surface area contributed by atoms with Gasteiger partial charge in [0.15, 0.2) is 0 Å². The van der Waals surface area contributed by atoms with Crippen LogP contribution in [0.3, 0.4) is 0 Å². The number of carboxylic acid groups (broad SMARTS) is 1. The summed E-state index contributed by atoms with van der Waals surface area (Å²) in [6, 6.07) is 2.54. The first kappa shape index (κ1) is 14.2. The van der Waals surface area contributed by atoms with Gasteiger partial charge in [0.2, 0.25) is 6.17 Å². The molecule has 9 heteroatoms. The van der Waals surface area contributed by atoms with Crippen molar-refractivity contribution >= 4 is 34.2 Å². The molecule has 0 aromatic heterocycles. The number of rotatable bonds is 3. The minimum Gasteiger partial charge on any atom is -0.496 e. The topological polar surface area (TPSA) is 71.5 Å². The maximum absolute atomic E-state index is 12.5. The van der Waals surface area contributed by atoms with E-state index in [1.165, 1.54) is 19.2 Å². The lowest BCUT2D eigenvalue weighted by atomic mass is 10.2. The lowest BCUT2D eigenvalue weighted by Crippen LogP contribution is -2.21. The standard InChI is InChI=1S/C10H8F3IN2O3/c1-19-7-3-6(5(14)2-4(7)8(17)18)16-9(15-16)10(11,12)13/h2-3,9,15H,1H3,(H,17,18). The average Bonchev–Trinajstić information content (AvgIpc) is 3.08. The van der Waals surface area contributed by atoms with E-state index in [0.29, 0.717) is 3.57 Å². The van der Waals surface area contributed by atoms with Gasteiger partial charge in [-0.2, -0.15) is 13.2 Å². The number of hydrogen-bond acceptors (Lipinski definition) is 4. The van der Waals surface area contributed by atoms with Gasteiger partial charge in [-0.25, -0.2) is 10.2 Å². The molecule has 0 bridgehead atoms. The van der Waals surface area contributed by atoms with Gasteiger partial charge in [0.1, 0.15) is 11.3 Å². The molecule has 1 fully saturated rings. The zero-order valence-corrected chi connectivity index (χ0v) is 11.6. The van der Waals surface area contributed by atoms with Crippen LogP contribution in [-0.2, 0) is 0 Å². The number of aromatic carboxylic acids is 1. The SMILES string of the molecule is COc1cc(N2NC2C(F)(F)F)c(I)cc1C(=O)O. The van der Waals surface area contributed by atoms with Crippen molar-refractivity contribution in [2.24, 2.45) is 0 Å². The second kappa shape index (κ2) is 4.71. The first-order valence-corrected chi connectivity index (χ1v) is 6.06. The number of anilines is 1. The van der Waals surface area contributed by atoms with E-state index in [-0.39, 0.29) is 17.0 Å². The molecule has 1 heterocycles. The monoisotopic (exact) mass is 388 g/mol. The van der Waals surface area contributed by atoms with Crippen LogP contribution in [-0.4, -0.2) is 30.5 Å². The second-order valence-corrected chi connectivity index (χ2v) is 4.91. The Morgan fingerprint density at radius 2 is 2.16 bits per heavy atom. The molecule has 1 saturated heterocycles. The Labute approximate surface area is 119 Å². The largest absolute Gasteiger partial charge is 0.496 e. The summed E-state index contributed by atoms with van der Waals surface area (Å²) in [7, 11) is 1.26. The highest BCUT2D eigenvalue weighted by Crippen LogP contribution is 2.39. The Morgan fingerprint density at radius 3 is 2.58 bits per heavy atom. The number of carbonyl (C=O) groups is 1. The van der Waals surface area contributed by atoms with Crippen molar-refractivity contribution in [3.8, 4) is 5.75 Å². The van der Waals surface area contributed by atoms with E-state index in [0.717, 1.165) is 5.01 Å². The number of nitrogens with one attached hydrogen (secondary N) is 1. The van der Waals surface area contributed by atoms with Gasteiger partial charge < -0.3 is 9.84 Å². The van der Waals surface area contributed by atoms with E-state index >= 15 is 0 Å². The number of hydrogen-bond donors (Lipinski definition) is 2. The Hall–Kier alpha value is -1.23. The normalized spacial score (nSPS) is 18.4. The molecule has 1 atom stereocenters. The van der Waals surface area contributed by atoms with Crippen LogP contribution < -0.4 is 15.2 Å². The predicted molar refractivity (Wildman–Crippen MR) is 68.1 cm³/mol. The maximum Gasteiger partial charge on any atom is 0.425 e. The molecule has 104 valence electrons. The summed E-state index contributed by atoms with van der Waals surface area (Å²) in [5.74, 6) is -1.19. The van der Waals surface area contributed by atoms with Gasteiger partial charge >= 0.3 is 12.1 Å². The van der Waals surface area contributed by atoms with Crippen LogP contribution in [0.25, 0.3) is 0 Å². The van der Waals surface area contributed by atoms with Crippen molar-refractivity contribution in [3.63, 3.8) is 0 Å². The van der Waals surface area contributed by atoms with Crippen molar-refractivity contribution in [1.29, 1.82) is 0 Å². The van der Waals surface area contributed by atoms with Crippen molar-refractivity contribution in [1.82, 2.24) is 5.43 Å². The number of methoxy groups -OCH3 is 1. The maximum atomic E-state index is 12.5. The molecule has 1 aliphatic heterocycles. The van der Waals surface area contributed by atoms with Gasteiger partial charge in [-0.15, -0.1) is 0 Å². The Bertz CT molecular complexity index is 535. The molecule has 0 radical (unpaired) electrons. The van der Waals surface area contributed by atoms with Crippen molar-refractivity contribution < 1.29 is 27.8 Å². The molecule has 2 N–H and O–H groups in total. The smallest absolute Gasteiger partial charge is 0.425 e. The number of halogens is 4. The molecular formula is C10H8F3IN2O3.